The third-order valence-electron chi connectivity index (χ3n) is 5.02. The molecule has 3 rings (SSSR count). The molecule has 29 heavy (non-hydrogen) atoms. The Balaban J connectivity index is 1.50. The van der Waals surface area contributed by atoms with Gasteiger partial charge in [-0.25, -0.2) is 21.6 Å². The van der Waals surface area contributed by atoms with Crippen LogP contribution in [-0.2, 0) is 31.1 Å². The van der Waals surface area contributed by atoms with Gasteiger partial charge in [-0.15, -0.1) is 0 Å². The van der Waals surface area contributed by atoms with Crippen LogP contribution in [0.15, 0.2) is 34.2 Å². The minimum atomic E-state index is -3.57. The van der Waals surface area contributed by atoms with E-state index in [0.29, 0.717) is 25.5 Å². The molecule has 2 saturated heterocycles. The predicted molar refractivity (Wildman–Crippen MR) is 111 cm³/mol. The van der Waals surface area contributed by atoms with Crippen LogP contribution in [0.1, 0.15) is 24.8 Å². The van der Waals surface area contributed by atoms with Crippen molar-refractivity contribution in [2.75, 3.05) is 31.7 Å². The van der Waals surface area contributed by atoms with Crippen LogP contribution in [0, 0.1) is 0 Å². The topological polar surface area (TPSA) is 126 Å². The van der Waals surface area contributed by atoms with E-state index in [-0.39, 0.29) is 35.1 Å². The maximum atomic E-state index is 12.4. The SMILES string of the molecule is CN=C(NCc1ccc(S(=O)(=O)NCC2CCCO2)cc1)NC1CCS(=O)(=O)C1. The lowest BCUT2D eigenvalue weighted by Crippen LogP contribution is -2.43. The highest BCUT2D eigenvalue weighted by molar-refractivity contribution is 7.91. The Morgan fingerprint density at radius 2 is 2.00 bits per heavy atom. The number of hydrogen-bond donors (Lipinski definition) is 3. The largest absolute Gasteiger partial charge is 0.377 e. The molecule has 0 bridgehead atoms. The molecule has 0 aliphatic carbocycles. The van der Waals surface area contributed by atoms with Crippen molar-refractivity contribution in [3.63, 3.8) is 0 Å². The number of benzene rings is 1. The number of rotatable bonds is 7. The number of aliphatic imine (C=N–C) groups is 1. The summed E-state index contributed by atoms with van der Waals surface area (Å²) in [4.78, 5) is 4.32. The van der Waals surface area contributed by atoms with Crippen LogP contribution in [0.2, 0.25) is 0 Å². The second-order valence-corrected chi connectivity index (χ2v) is 11.3. The van der Waals surface area contributed by atoms with Gasteiger partial charge in [0.2, 0.25) is 10.0 Å². The van der Waals surface area contributed by atoms with Crippen LogP contribution in [-0.4, -0.2) is 66.6 Å². The lowest BCUT2D eigenvalue weighted by molar-refractivity contribution is 0.114. The number of nitrogens with one attached hydrogen (secondary N) is 3. The van der Waals surface area contributed by atoms with E-state index in [0.717, 1.165) is 18.4 Å². The van der Waals surface area contributed by atoms with Gasteiger partial charge in [0.05, 0.1) is 22.5 Å². The Bertz CT molecular complexity index is 924. The Hall–Kier alpha value is -1.69. The zero-order valence-electron chi connectivity index (χ0n) is 16.4. The first-order valence-corrected chi connectivity index (χ1v) is 13.0. The Kier molecular flexibility index (Phi) is 7.14. The van der Waals surface area contributed by atoms with E-state index in [9.17, 15) is 16.8 Å². The number of hydrogen-bond acceptors (Lipinski definition) is 6. The molecular weight excluding hydrogens is 416 g/mol. The zero-order valence-corrected chi connectivity index (χ0v) is 18.1. The summed E-state index contributed by atoms with van der Waals surface area (Å²) in [5, 5.41) is 6.24. The molecule has 162 valence electrons. The second-order valence-electron chi connectivity index (χ2n) is 7.30. The van der Waals surface area contributed by atoms with Crippen LogP contribution in [0.3, 0.4) is 0 Å². The van der Waals surface area contributed by atoms with Crippen molar-refractivity contribution < 1.29 is 21.6 Å². The van der Waals surface area contributed by atoms with Crippen LogP contribution >= 0.6 is 0 Å². The van der Waals surface area contributed by atoms with Crippen molar-refractivity contribution in [1.82, 2.24) is 15.4 Å². The molecule has 11 heteroatoms. The van der Waals surface area contributed by atoms with Crippen molar-refractivity contribution in [3.05, 3.63) is 29.8 Å². The Labute approximate surface area is 172 Å². The molecule has 2 fully saturated rings. The number of guanidine groups is 1. The van der Waals surface area contributed by atoms with E-state index in [1.165, 1.54) is 0 Å². The van der Waals surface area contributed by atoms with Gasteiger partial charge in [0, 0.05) is 32.8 Å². The highest BCUT2D eigenvalue weighted by Gasteiger charge is 2.28. The van der Waals surface area contributed by atoms with Crippen molar-refractivity contribution >= 4 is 25.8 Å². The van der Waals surface area contributed by atoms with Gasteiger partial charge in [-0.2, -0.15) is 0 Å². The summed E-state index contributed by atoms with van der Waals surface area (Å²) < 4.78 is 56.0. The third kappa shape index (κ3) is 6.39. The fraction of sp³-hybridized carbons (Fsp3) is 0.611. The summed E-state index contributed by atoms with van der Waals surface area (Å²) in [6.45, 7) is 1.40. The maximum absolute atomic E-state index is 12.4. The molecule has 1 aromatic carbocycles. The number of nitrogens with zero attached hydrogens (tertiary/aromatic N) is 1. The van der Waals surface area contributed by atoms with Gasteiger partial charge in [-0.05, 0) is 37.0 Å². The molecule has 9 nitrogen and oxygen atoms in total. The third-order valence-corrected chi connectivity index (χ3v) is 8.22. The highest BCUT2D eigenvalue weighted by atomic mass is 32.2. The van der Waals surface area contributed by atoms with E-state index < -0.39 is 19.9 Å². The average molecular weight is 445 g/mol. The number of sulfonamides is 1. The highest BCUT2D eigenvalue weighted by Crippen LogP contribution is 2.14. The van der Waals surface area contributed by atoms with Crippen LogP contribution in [0.25, 0.3) is 0 Å². The van der Waals surface area contributed by atoms with Crippen molar-refractivity contribution in [2.45, 2.75) is 42.8 Å². The van der Waals surface area contributed by atoms with Crippen LogP contribution in [0.4, 0.5) is 0 Å². The van der Waals surface area contributed by atoms with E-state index in [2.05, 4.69) is 20.3 Å². The molecule has 0 saturated carbocycles. The summed E-state index contributed by atoms with van der Waals surface area (Å²) >= 11 is 0. The molecule has 0 spiro atoms. The standard InChI is InChI=1S/C18H28N4O5S2/c1-19-18(22-15-8-10-28(23,24)13-15)20-11-14-4-6-17(7-5-14)29(25,26)21-12-16-3-2-9-27-16/h4-7,15-16,21H,2-3,8-13H2,1H3,(H2,19,20,22). The summed E-state index contributed by atoms with van der Waals surface area (Å²) in [6, 6.07) is 6.46. The van der Waals surface area contributed by atoms with E-state index >= 15 is 0 Å². The van der Waals surface area contributed by atoms with Gasteiger partial charge in [0.1, 0.15) is 0 Å². The Morgan fingerprint density at radius 3 is 2.59 bits per heavy atom. The molecule has 2 aliphatic heterocycles. The van der Waals surface area contributed by atoms with Gasteiger partial charge >= 0.3 is 0 Å². The van der Waals surface area contributed by atoms with Gasteiger partial charge in [-0.1, -0.05) is 12.1 Å². The lowest BCUT2D eigenvalue weighted by Gasteiger charge is -2.16. The molecule has 3 N–H and O–H groups in total. The normalized spacial score (nSPS) is 24.5. The van der Waals surface area contributed by atoms with E-state index in [1.807, 2.05) is 0 Å². The van der Waals surface area contributed by atoms with Crippen LogP contribution < -0.4 is 15.4 Å². The summed E-state index contributed by atoms with van der Waals surface area (Å²) in [6.07, 6.45) is 2.34. The second kappa shape index (κ2) is 9.41. The molecule has 0 amide bonds. The summed E-state index contributed by atoms with van der Waals surface area (Å²) in [5.74, 6) is 0.819. The maximum Gasteiger partial charge on any atom is 0.240 e. The van der Waals surface area contributed by atoms with Crippen molar-refractivity contribution in [2.24, 2.45) is 4.99 Å². The van der Waals surface area contributed by atoms with Gasteiger partial charge in [-0.3, -0.25) is 4.99 Å². The monoisotopic (exact) mass is 444 g/mol. The Morgan fingerprint density at radius 1 is 1.24 bits per heavy atom. The molecule has 0 radical (unpaired) electrons. The molecule has 1 aromatic rings. The fourth-order valence-corrected chi connectivity index (χ4v) is 6.10. The molecule has 2 unspecified atom stereocenters. The summed E-state index contributed by atoms with van der Waals surface area (Å²) in [5.41, 5.74) is 0.880. The summed E-state index contributed by atoms with van der Waals surface area (Å²) in [7, 11) is -4.91. The first-order chi connectivity index (χ1) is 13.8. The van der Waals surface area contributed by atoms with Crippen LogP contribution in [0.5, 0.6) is 0 Å². The minimum absolute atomic E-state index is 0.0534. The van der Waals surface area contributed by atoms with Gasteiger partial charge < -0.3 is 15.4 Å². The molecular formula is C18H28N4O5S2. The van der Waals surface area contributed by atoms with Gasteiger partial charge in [0.15, 0.2) is 15.8 Å². The molecule has 2 aliphatic rings. The fourth-order valence-electron chi connectivity index (χ4n) is 3.36. The van der Waals surface area contributed by atoms with Crippen molar-refractivity contribution in [1.29, 1.82) is 0 Å². The lowest BCUT2D eigenvalue weighted by atomic mass is 10.2. The molecule has 2 heterocycles. The average Bonchev–Trinajstić information content (AvgIpc) is 3.33. The predicted octanol–water partition coefficient (Wildman–Crippen LogP) is -0.00400. The number of ether oxygens (including phenoxy) is 1. The smallest absolute Gasteiger partial charge is 0.240 e. The van der Waals surface area contributed by atoms with Crippen molar-refractivity contribution in [3.8, 4) is 0 Å². The van der Waals surface area contributed by atoms with Gasteiger partial charge in [0.25, 0.3) is 0 Å². The molecule has 2 atom stereocenters. The van der Waals surface area contributed by atoms with E-state index in [4.69, 9.17) is 4.74 Å². The minimum Gasteiger partial charge on any atom is -0.377 e. The first-order valence-electron chi connectivity index (χ1n) is 9.65. The number of sulfone groups is 1. The quantitative estimate of drug-likeness (QED) is 0.399. The zero-order chi connectivity index (χ0) is 20.9. The van der Waals surface area contributed by atoms with E-state index in [1.54, 1.807) is 31.3 Å². The molecule has 0 aromatic heterocycles. The first kappa shape index (κ1) is 22.0.